The maximum atomic E-state index is 5.53. The van der Waals surface area contributed by atoms with Crippen LogP contribution in [0.3, 0.4) is 0 Å². The van der Waals surface area contributed by atoms with E-state index in [0.717, 1.165) is 0 Å². The highest BCUT2D eigenvalue weighted by molar-refractivity contribution is 6.48. The zero-order valence-corrected chi connectivity index (χ0v) is 11.9. The SMILES string of the molecule is C[Si](C)OC=Cc1ccccc1C(C)(C)C. The molecule has 0 N–H and O–H groups in total. The van der Waals surface area contributed by atoms with Crippen molar-refractivity contribution in [3.63, 3.8) is 0 Å². The fraction of sp³-hybridized carbons (Fsp3) is 0.429. The van der Waals surface area contributed by atoms with Crippen LogP contribution >= 0.6 is 0 Å². The quantitative estimate of drug-likeness (QED) is 0.561. The van der Waals surface area contributed by atoms with Gasteiger partial charge in [0.15, 0.2) is 0 Å². The lowest BCUT2D eigenvalue weighted by molar-refractivity contribution is 0.505. The number of hydrogen-bond donors (Lipinski definition) is 0. The monoisotopic (exact) mass is 233 g/mol. The van der Waals surface area contributed by atoms with Gasteiger partial charge >= 0.3 is 0 Å². The van der Waals surface area contributed by atoms with Crippen molar-refractivity contribution in [2.45, 2.75) is 39.3 Å². The zero-order chi connectivity index (χ0) is 12.2. The first-order valence-electron chi connectivity index (χ1n) is 5.64. The highest BCUT2D eigenvalue weighted by Gasteiger charge is 2.15. The van der Waals surface area contributed by atoms with E-state index in [1.807, 2.05) is 6.26 Å². The summed E-state index contributed by atoms with van der Waals surface area (Å²) in [5.74, 6) is 0. The van der Waals surface area contributed by atoms with E-state index in [0.29, 0.717) is 0 Å². The summed E-state index contributed by atoms with van der Waals surface area (Å²) in [6, 6.07) is 8.48. The van der Waals surface area contributed by atoms with Gasteiger partial charge in [-0.15, -0.1) is 0 Å². The lowest BCUT2D eigenvalue weighted by atomic mass is 9.84. The van der Waals surface area contributed by atoms with Crippen LogP contribution in [0.2, 0.25) is 13.1 Å². The van der Waals surface area contributed by atoms with Crippen molar-refractivity contribution < 1.29 is 4.43 Å². The van der Waals surface area contributed by atoms with Crippen LogP contribution in [0.4, 0.5) is 0 Å². The minimum Gasteiger partial charge on any atom is -0.548 e. The molecule has 0 saturated heterocycles. The Morgan fingerprint density at radius 3 is 2.31 bits per heavy atom. The molecular formula is C14H21OSi. The molecule has 2 heteroatoms. The molecule has 87 valence electrons. The maximum absolute atomic E-state index is 5.53. The van der Waals surface area contributed by atoms with Gasteiger partial charge in [-0.1, -0.05) is 45.0 Å². The first-order chi connectivity index (χ1) is 7.41. The van der Waals surface area contributed by atoms with Crippen molar-refractivity contribution in [1.29, 1.82) is 0 Å². The molecule has 0 atom stereocenters. The smallest absolute Gasteiger partial charge is 0.273 e. The van der Waals surface area contributed by atoms with E-state index in [-0.39, 0.29) is 5.41 Å². The second kappa shape index (κ2) is 5.35. The van der Waals surface area contributed by atoms with Gasteiger partial charge in [0.05, 0.1) is 6.26 Å². The van der Waals surface area contributed by atoms with Crippen LogP contribution in [0.15, 0.2) is 30.5 Å². The molecular weight excluding hydrogens is 212 g/mol. The van der Waals surface area contributed by atoms with Gasteiger partial charge in [0, 0.05) is 0 Å². The molecule has 0 aliphatic heterocycles. The van der Waals surface area contributed by atoms with E-state index in [1.165, 1.54) is 11.1 Å². The van der Waals surface area contributed by atoms with Gasteiger partial charge in [0.2, 0.25) is 0 Å². The van der Waals surface area contributed by atoms with E-state index in [2.05, 4.69) is 64.2 Å². The Kier molecular flexibility index (Phi) is 4.36. The summed E-state index contributed by atoms with van der Waals surface area (Å²) < 4.78 is 5.53. The van der Waals surface area contributed by atoms with E-state index in [1.54, 1.807) is 0 Å². The summed E-state index contributed by atoms with van der Waals surface area (Å²) in [6.45, 7) is 11.0. The topological polar surface area (TPSA) is 9.23 Å². The first kappa shape index (κ1) is 13.0. The lowest BCUT2D eigenvalue weighted by Crippen LogP contribution is -2.12. The summed E-state index contributed by atoms with van der Waals surface area (Å²) in [5.41, 5.74) is 2.78. The van der Waals surface area contributed by atoms with Gasteiger partial charge in [0.1, 0.15) is 0 Å². The highest BCUT2D eigenvalue weighted by atomic mass is 28.3. The summed E-state index contributed by atoms with van der Waals surface area (Å²) in [5, 5.41) is 0. The molecule has 1 aromatic carbocycles. The molecule has 0 saturated carbocycles. The van der Waals surface area contributed by atoms with E-state index < -0.39 is 9.04 Å². The fourth-order valence-corrected chi connectivity index (χ4v) is 1.91. The van der Waals surface area contributed by atoms with E-state index in [4.69, 9.17) is 4.43 Å². The average molecular weight is 233 g/mol. The Morgan fingerprint density at radius 2 is 1.75 bits per heavy atom. The predicted octanol–water partition coefficient (Wildman–Crippen LogP) is 4.22. The van der Waals surface area contributed by atoms with Gasteiger partial charge in [-0.05, 0) is 35.7 Å². The van der Waals surface area contributed by atoms with Crippen molar-refractivity contribution >= 4 is 15.1 Å². The maximum Gasteiger partial charge on any atom is 0.273 e. The third-order valence-electron chi connectivity index (χ3n) is 2.32. The third-order valence-corrected chi connectivity index (χ3v) is 2.93. The molecule has 0 aliphatic rings. The van der Waals surface area contributed by atoms with Crippen LogP contribution in [0.25, 0.3) is 6.08 Å². The minimum absolute atomic E-state index is 0.174. The molecule has 0 bridgehead atoms. The van der Waals surface area contributed by atoms with Crippen molar-refractivity contribution in [3.8, 4) is 0 Å². The summed E-state index contributed by atoms with van der Waals surface area (Å²) in [6.07, 6.45) is 3.90. The zero-order valence-electron chi connectivity index (χ0n) is 10.9. The van der Waals surface area contributed by atoms with Gasteiger partial charge in [0.25, 0.3) is 9.04 Å². The van der Waals surface area contributed by atoms with Crippen LogP contribution in [0.5, 0.6) is 0 Å². The third kappa shape index (κ3) is 3.85. The Labute approximate surface area is 101 Å². The number of rotatable bonds is 3. The molecule has 0 spiro atoms. The molecule has 1 nitrogen and oxygen atoms in total. The normalized spacial score (nSPS) is 12.4. The van der Waals surface area contributed by atoms with Crippen molar-refractivity contribution in [1.82, 2.24) is 0 Å². The lowest BCUT2D eigenvalue weighted by Gasteiger charge is -2.21. The molecule has 1 aromatic rings. The van der Waals surface area contributed by atoms with Gasteiger partial charge in [-0.25, -0.2) is 0 Å². The highest BCUT2D eigenvalue weighted by Crippen LogP contribution is 2.26. The summed E-state index contributed by atoms with van der Waals surface area (Å²) in [7, 11) is -0.639. The number of benzene rings is 1. The molecule has 1 radical (unpaired) electrons. The average Bonchev–Trinajstić information content (AvgIpc) is 2.16. The van der Waals surface area contributed by atoms with Gasteiger partial charge in [-0.3, -0.25) is 0 Å². The molecule has 0 heterocycles. The Morgan fingerprint density at radius 1 is 1.12 bits per heavy atom. The Bertz CT molecular complexity index is 361. The van der Waals surface area contributed by atoms with Crippen LogP contribution in [0, 0.1) is 0 Å². The minimum atomic E-state index is -0.639. The van der Waals surface area contributed by atoms with Gasteiger partial charge < -0.3 is 4.43 Å². The van der Waals surface area contributed by atoms with E-state index in [9.17, 15) is 0 Å². The summed E-state index contributed by atoms with van der Waals surface area (Å²) in [4.78, 5) is 0. The van der Waals surface area contributed by atoms with Crippen LogP contribution in [-0.4, -0.2) is 9.04 Å². The standard InChI is InChI=1S/C14H21OSi/c1-14(2,3)13-9-7-6-8-12(13)10-11-15-16(4)5/h6-11H,1-5H3. The Hall–Kier alpha value is -1.02. The molecule has 0 unspecified atom stereocenters. The van der Waals surface area contributed by atoms with Gasteiger partial charge in [-0.2, -0.15) is 0 Å². The Balaban J connectivity index is 2.92. The second-order valence-electron chi connectivity index (χ2n) is 5.17. The summed E-state index contributed by atoms with van der Waals surface area (Å²) >= 11 is 0. The van der Waals surface area contributed by atoms with Crippen LogP contribution in [-0.2, 0) is 9.84 Å². The second-order valence-corrected chi connectivity index (χ2v) is 7.22. The molecule has 0 amide bonds. The predicted molar refractivity (Wildman–Crippen MR) is 72.7 cm³/mol. The molecule has 0 aliphatic carbocycles. The van der Waals surface area contributed by atoms with Crippen molar-refractivity contribution in [2.75, 3.05) is 0 Å². The number of hydrogen-bond acceptors (Lipinski definition) is 1. The van der Waals surface area contributed by atoms with Crippen molar-refractivity contribution in [2.24, 2.45) is 0 Å². The fourth-order valence-electron chi connectivity index (χ4n) is 1.57. The molecule has 0 aromatic heterocycles. The van der Waals surface area contributed by atoms with Crippen molar-refractivity contribution in [3.05, 3.63) is 41.7 Å². The molecule has 0 fully saturated rings. The van der Waals surface area contributed by atoms with Crippen LogP contribution < -0.4 is 0 Å². The largest absolute Gasteiger partial charge is 0.548 e. The first-order valence-corrected chi connectivity index (χ1v) is 8.05. The van der Waals surface area contributed by atoms with E-state index >= 15 is 0 Å². The molecule has 1 rings (SSSR count). The molecule has 16 heavy (non-hydrogen) atoms. The van der Waals surface area contributed by atoms with Crippen LogP contribution in [0.1, 0.15) is 31.9 Å².